The summed E-state index contributed by atoms with van der Waals surface area (Å²) in [6, 6.07) is 8.19. The Morgan fingerprint density at radius 1 is 1.34 bits per heavy atom. The number of fused-ring (bicyclic) bond motifs is 2. The number of aromatic nitrogens is 5. The molecule has 4 heterocycles. The Morgan fingerprint density at radius 3 is 3.00 bits per heavy atom. The van der Waals surface area contributed by atoms with Crippen molar-refractivity contribution in [3.8, 4) is 17.3 Å². The predicted octanol–water partition coefficient (Wildman–Crippen LogP) is 2.95. The zero-order chi connectivity index (χ0) is 20.1. The minimum absolute atomic E-state index is 0.246. The summed E-state index contributed by atoms with van der Waals surface area (Å²) < 4.78 is 7.95. The summed E-state index contributed by atoms with van der Waals surface area (Å²) >= 11 is 0. The highest BCUT2D eigenvalue weighted by Crippen LogP contribution is 2.32. The van der Waals surface area contributed by atoms with Crippen LogP contribution in [0.15, 0.2) is 30.6 Å². The fourth-order valence-electron chi connectivity index (χ4n) is 3.94. The smallest absolute Gasteiger partial charge is 0.407 e. The van der Waals surface area contributed by atoms with Crippen molar-refractivity contribution in [1.82, 2.24) is 29.4 Å². The van der Waals surface area contributed by atoms with E-state index in [4.69, 9.17) is 14.8 Å². The lowest BCUT2D eigenvalue weighted by Gasteiger charge is -2.13. The maximum Gasteiger partial charge on any atom is 0.407 e. The van der Waals surface area contributed by atoms with Crippen LogP contribution in [-0.4, -0.2) is 59.8 Å². The Morgan fingerprint density at radius 2 is 2.21 bits per heavy atom. The van der Waals surface area contributed by atoms with Crippen molar-refractivity contribution in [2.75, 3.05) is 13.1 Å². The minimum Gasteiger partial charge on any atom is -0.471 e. The van der Waals surface area contributed by atoms with Crippen LogP contribution < -0.4 is 4.74 Å². The number of aromatic amines is 1. The van der Waals surface area contributed by atoms with Crippen LogP contribution in [0.1, 0.15) is 12.1 Å². The van der Waals surface area contributed by atoms with Crippen LogP contribution in [0.3, 0.4) is 0 Å². The van der Waals surface area contributed by atoms with Gasteiger partial charge in [0.15, 0.2) is 11.2 Å². The molecule has 5 rings (SSSR count). The molecule has 0 bridgehead atoms. The lowest BCUT2D eigenvalue weighted by Crippen LogP contribution is -2.29. The standard InChI is InChI=1S/C20H20N6O3/c1-11-8-12-4-3-5-14(15(12)23-11)17-24-16-18(25(17)2)21-10-22-19(16)29-13-6-7-26(9-13)20(27)28/h3-5,8,10,13,23H,6-7,9H2,1-2H3,(H,27,28)/t13-/m0/s1. The molecule has 4 aromatic rings. The number of hydrogen-bond donors (Lipinski definition) is 2. The third-order valence-corrected chi connectivity index (χ3v) is 5.35. The summed E-state index contributed by atoms with van der Waals surface area (Å²) in [6.45, 7) is 2.80. The van der Waals surface area contributed by atoms with Gasteiger partial charge in [-0.15, -0.1) is 0 Å². The number of nitrogens with zero attached hydrogens (tertiary/aromatic N) is 5. The molecule has 0 unspecified atom stereocenters. The highest BCUT2D eigenvalue weighted by Gasteiger charge is 2.29. The number of nitrogens with one attached hydrogen (secondary N) is 1. The quantitative estimate of drug-likeness (QED) is 0.555. The average molecular weight is 392 g/mol. The van der Waals surface area contributed by atoms with E-state index in [1.54, 1.807) is 0 Å². The normalized spacial score (nSPS) is 16.8. The van der Waals surface area contributed by atoms with Gasteiger partial charge >= 0.3 is 6.09 Å². The number of imidazole rings is 1. The number of ether oxygens (including phenoxy) is 1. The first-order valence-corrected chi connectivity index (χ1v) is 9.42. The van der Waals surface area contributed by atoms with Crippen molar-refractivity contribution >= 4 is 28.2 Å². The van der Waals surface area contributed by atoms with Gasteiger partial charge in [0.05, 0.1) is 12.1 Å². The van der Waals surface area contributed by atoms with Gasteiger partial charge in [0, 0.05) is 36.7 Å². The maximum atomic E-state index is 11.2. The van der Waals surface area contributed by atoms with Gasteiger partial charge in [-0.1, -0.05) is 12.1 Å². The van der Waals surface area contributed by atoms with Gasteiger partial charge < -0.3 is 24.3 Å². The van der Waals surface area contributed by atoms with E-state index in [2.05, 4.69) is 27.1 Å². The van der Waals surface area contributed by atoms with Crippen molar-refractivity contribution in [2.24, 2.45) is 7.05 Å². The third-order valence-electron chi connectivity index (χ3n) is 5.35. The molecular weight excluding hydrogens is 372 g/mol. The van der Waals surface area contributed by atoms with Gasteiger partial charge in [0.2, 0.25) is 5.88 Å². The van der Waals surface area contributed by atoms with Crippen LogP contribution in [0.25, 0.3) is 33.5 Å². The van der Waals surface area contributed by atoms with Gasteiger partial charge in [-0.05, 0) is 19.1 Å². The highest BCUT2D eigenvalue weighted by molar-refractivity contribution is 5.95. The zero-order valence-electron chi connectivity index (χ0n) is 16.1. The molecule has 1 aliphatic heterocycles. The van der Waals surface area contributed by atoms with E-state index < -0.39 is 6.09 Å². The van der Waals surface area contributed by atoms with Crippen LogP contribution in [0, 0.1) is 6.92 Å². The second-order valence-corrected chi connectivity index (χ2v) is 7.32. The Bertz CT molecular complexity index is 1240. The van der Waals surface area contributed by atoms with Gasteiger partial charge in [-0.25, -0.2) is 14.8 Å². The minimum atomic E-state index is -0.932. The number of amides is 1. The molecule has 2 N–H and O–H groups in total. The van der Waals surface area contributed by atoms with Gasteiger partial charge in [0.1, 0.15) is 18.3 Å². The zero-order valence-corrected chi connectivity index (χ0v) is 16.1. The van der Waals surface area contributed by atoms with E-state index in [-0.39, 0.29) is 6.10 Å². The summed E-state index contributed by atoms with van der Waals surface area (Å²) in [5, 5.41) is 10.3. The summed E-state index contributed by atoms with van der Waals surface area (Å²) in [4.78, 5) is 29.4. The second kappa shape index (κ2) is 6.47. The number of H-pyrrole nitrogens is 1. The molecule has 0 radical (unpaired) electrons. The highest BCUT2D eigenvalue weighted by atomic mass is 16.5. The van der Waals surface area contributed by atoms with Crippen molar-refractivity contribution in [3.63, 3.8) is 0 Å². The average Bonchev–Trinajstić information content (AvgIpc) is 3.39. The van der Waals surface area contributed by atoms with Crippen LogP contribution in [0.4, 0.5) is 4.79 Å². The molecule has 9 nitrogen and oxygen atoms in total. The van der Waals surface area contributed by atoms with E-state index in [1.165, 1.54) is 11.2 Å². The van der Waals surface area contributed by atoms with Crippen molar-refractivity contribution in [2.45, 2.75) is 19.4 Å². The van der Waals surface area contributed by atoms with Crippen LogP contribution in [0.2, 0.25) is 0 Å². The number of para-hydroxylation sites is 1. The summed E-state index contributed by atoms with van der Waals surface area (Å²) in [5.41, 5.74) is 4.31. The molecule has 1 aliphatic rings. The molecule has 9 heteroatoms. The molecule has 0 aliphatic carbocycles. The second-order valence-electron chi connectivity index (χ2n) is 7.32. The molecule has 0 saturated carbocycles. The van der Waals surface area contributed by atoms with Crippen molar-refractivity contribution in [1.29, 1.82) is 0 Å². The first-order valence-electron chi connectivity index (χ1n) is 9.42. The number of aryl methyl sites for hydroxylation is 2. The molecule has 1 amide bonds. The van der Waals surface area contributed by atoms with E-state index in [0.29, 0.717) is 36.6 Å². The fraction of sp³-hybridized carbons (Fsp3) is 0.300. The number of likely N-dealkylation sites (tertiary alicyclic amines) is 1. The van der Waals surface area contributed by atoms with Gasteiger partial charge in [-0.3, -0.25) is 0 Å². The first kappa shape index (κ1) is 17.5. The molecule has 1 saturated heterocycles. The molecule has 0 spiro atoms. The van der Waals surface area contributed by atoms with E-state index in [9.17, 15) is 4.79 Å². The number of hydrogen-bond acceptors (Lipinski definition) is 5. The van der Waals surface area contributed by atoms with E-state index >= 15 is 0 Å². The lowest BCUT2D eigenvalue weighted by atomic mass is 10.1. The molecule has 3 aromatic heterocycles. The fourth-order valence-corrected chi connectivity index (χ4v) is 3.94. The summed E-state index contributed by atoms with van der Waals surface area (Å²) in [7, 11) is 1.91. The summed E-state index contributed by atoms with van der Waals surface area (Å²) in [5.74, 6) is 1.14. The monoisotopic (exact) mass is 392 g/mol. The molecular formula is C20H20N6O3. The first-order chi connectivity index (χ1) is 14.0. The molecule has 1 aromatic carbocycles. The number of carbonyl (C=O) groups is 1. The van der Waals surface area contributed by atoms with Crippen molar-refractivity contribution < 1.29 is 14.6 Å². The van der Waals surface area contributed by atoms with Crippen LogP contribution in [0.5, 0.6) is 5.88 Å². The number of rotatable bonds is 3. The predicted molar refractivity (Wildman–Crippen MR) is 107 cm³/mol. The topological polar surface area (TPSA) is 109 Å². The number of carboxylic acid groups (broad SMARTS) is 1. The molecule has 29 heavy (non-hydrogen) atoms. The van der Waals surface area contributed by atoms with Crippen molar-refractivity contribution in [3.05, 3.63) is 36.3 Å². The van der Waals surface area contributed by atoms with E-state index in [1.807, 2.05) is 30.7 Å². The van der Waals surface area contributed by atoms with E-state index in [0.717, 1.165) is 28.0 Å². The largest absolute Gasteiger partial charge is 0.471 e. The maximum absolute atomic E-state index is 11.2. The Hall–Kier alpha value is -3.62. The van der Waals surface area contributed by atoms with Crippen LogP contribution in [-0.2, 0) is 7.05 Å². The van der Waals surface area contributed by atoms with Crippen LogP contribution >= 0.6 is 0 Å². The third kappa shape index (κ3) is 2.86. The summed E-state index contributed by atoms with van der Waals surface area (Å²) in [6.07, 6.45) is 0.896. The molecule has 1 atom stereocenters. The molecule has 148 valence electrons. The Kier molecular flexibility index (Phi) is 3.90. The molecule has 1 fully saturated rings. The Labute approximate surface area is 166 Å². The number of benzene rings is 1. The SMILES string of the molecule is Cc1cc2cccc(-c3nc4c(O[C@H]5CCN(C(=O)O)C5)ncnc4n3C)c2[nH]1. The Balaban J connectivity index is 1.56. The van der Waals surface area contributed by atoms with Gasteiger partial charge in [0.25, 0.3) is 0 Å². The lowest BCUT2D eigenvalue weighted by molar-refractivity contribution is 0.145. The van der Waals surface area contributed by atoms with Gasteiger partial charge in [-0.2, -0.15) is 4.98 Å².